The van der Waals surface area contributed by atoms with Crippen molar-refractivity contribution in [3.8, 4) is 11.1 Å². The molecule has 10 nitrogen and oxygen atoms in total. The zero-order valence-corrected chi connectivity index (χ0v) is 24.8. The van der Waals surface area contributed by atoms with Crippen molar-refractivity contribution in [2.24, 2.45) is 0 Å². The van der Waals surface area contributed by atoms with Crippen LogP contribution in [0.15, 0.2) is 89.8 Å². The van der Waals surface area contributed by atoms with Crippen LogP contribution in [-0.2, 0) is 39.0 Å². The lowest BCUT2D eigenvalue weighted by Crippen LogP contribution is -2.38. The standard InChI is InChI=1S/C32H34N4O6S/c1-3-9-27-20-29(32(40)33-26(19-31(38)39)18-23-10-5-4-6-11-23)34-36(27)21-24-14-16-25(17-15-24)28-12-7-8-13-30(28)43(41,42)35-22(2)37/h4-8,10-17,20,26H,3,9,18-19,21H2,1-2H3,(H,33,40)(H,35,37)(H,38,39). The van der Waals surface area contributed by atoms with E-state index >= 15 is 0 Å². The van der Waals surface area contributed by atoms with Crippen LogP contribution in [0, 0.1) is 0 Å². The van der Waals surface area contributed by atoms with Gasteiger partial charge in [-0.15, -0.1) is 0 Å². The predicted octanol–water partition coefficient (Wildman–Crippen LogP) is 4.19. The first kappa shape index (κ1) is 31.2. The normalized spacial score (nSPS) is 12.0. The molecule has 1 heterocycles. The molecule has 0 fully saturated rings. The number of amides is 2. The number of nitrogens with zero attached hydrogens (tertiary/aromatic N) is 2. The Morgan fingerprint density at radius 1 is 0.930 bits per heavy atom. The molecule has 1 aromatic heterocycles. The van der Waals surface area contributed by atoms with Crippen molar-refractivity contribution in [2.75, 3.05) is 0 Å². The van der Waals surface area contributed by atoms with Crippen LogP contribution >= 0.6 is 0 Å². The molecule has 4 rings (SSSR count). The molecule has 0 aliphatic carbocycles. The van der Waals surface area contributed by atoms with Gasteiger partial charge in [-0.3, -0.25) is 19.1 Å². The van der Waals surface area contributed by atoms with E-state index in [1.54, 1.807) is 41.1 Å². The maximum atomic E-state index is 13.2. The van der Waals surface area contributed by atoms with Crippen LogP contribution in [0.4, 0.5) is 0 Å². The molecular weight excluding hydrogens is 568 g/mol. The summed E-state index contributed by atoms with van der Waals surface area (Å²) in [5.41, 5.74) is 3.99. The highest BCUT2D eigenvalue weighted by Gasteiger charge is 2.22. The van der Waals surface area contributed by atoms with Crippen molar-refractivity contribution in [1.82, 2.24) is 19.8 Å². The summed E-state index contributed by atoms with van der Waals surface area (Å²) in [7, 11) is -4.03. The summed E-state index contributed by atoms with van der Waals surface area (Å²) >= 11 is 0. The van der Waals surface area contributed by atoms with E-state index in [0.717, 1.165) is 30.2 Å². The van der Waals surface area contributed by atoms with Gasteiger partial charge in [0.1, 0.15) is 5.69 Å². The number of carboxylic acids is 1. The van der Waals surface area contributed by atoms with Gasteiger partial charge in [0.25, 0.3) is 15.9 Å². The fourth-order valence-electron chi connectivity index (χ4n) is 4.85. The van der Waals surface area contributed by atoms with Crippen molar-refractivity contribution in [3.63, 3.8) is 0 Å². The van der Waals surface area contributed by atoms with Crippen LogP contribution in [0.25, 0.3) is 11.1 Å². The Balaban J connectivity index is 1.53. The van der Waals surface area contributed by atoms with Gasteiger partial charge in [-0.25, -0.2) is 13.1 Å². The van der Waals surface area contributed by atoms with E-state index < -0.39 is 33.8 Å². The number of aryl methyl sites for hydroxylation is 1. The number of carbonyl (C=O) groups is 3. The monoisotopic (exact) mass is 602 g/mol. The lowest BCUT2D eigenvalue weighted by molar-refractivity contribution is -0.137. The first-order valence-electron chi connectivity index (χ1n) is 13.9. The predicted molar refractivity (Wildman–Crippen MR) is 162 cm³/mol. The second-order valence-corrected chi connectivity index (χ2v) is 11.9. The molecular formula is C32H34N4O6S. The summed E-state index contributed by atoms with van der Waals surface area (Å²) < 4.78 is 29.2. The summed E-state index contributed by atoms with van der Waals surface area (Å²) in [6, 6.07) is 24.3. The zero-order chi connectivity index (χ0) is 31.0. The van der Waals surface area contributed by atoms with E-state index in [-0.39, 0.29) is 17.0 Å². The Bertz CT molecular complexity index is 1700. The number of carboxylic acid groups (broad SMARTS) is 1. The van der Waals surface area contributed by atoms with E-state index in [1.165, 1.54) is 6.07 Å². The maximum absolute atomic E-state index is 13.2. The Labute approximate surface area is 250 Å². The molecule has 1 unspecified atom stereocenters. The van der Waals surface area contributed by atoms with Crippen LogP contribution in [0.5, 0.6) is 0 Å². The van der Waals surface area contributed by atoms with E-state index in [2.05, 4.69) is 10.4 Å². The smallest absolute Gasteiger partial charge is 0.305 e. The number of aliphatic carboxylic acids is 1. The topological polar surface area (TPSA) is 147 Å². The zero-order valence-electron chi connectivity index (χ0n) is 24.0. The molecule has 0 saturated carbocycles. The van der Waals surface area contributed by atoms with Crippen LogP contribution in [0.1, 0.15) is 54.0 Å². The second-order valence-electron chi connectivity index (χ2n) is 10.2. The second kappa shape index (κ2) is 13.9. The summed E-state index contributed by atoms with van der Waals surface area (Å²) in [5, 5.41) is 16.8. The van der Waals surface area contributed by atoms with E-state index in [4.69, 9.17) is 0 Å². The molecule has 3 N–H and O–H groups in total. The van der Waals surface area contributed by atoms with Crippen molar-refractivity contribution >= 4 is 27.8 Å². The molecule has 0 radical (unpaired) electrons. The quantitative estimate of drug-likeness (QED) is 0.208. The lowest BCUT2D eigenvalue weighted by Gasteiger charge is -2.16. The summed E-state index contributed by atoms with van der Waals surface area (Å²) in [6.07, 6.45) is 1.68. The SMILES string of the molecule is CCCc1cc(C(=O)NC(CC(=O)O)Cc2ccccc2)nn1Cc1ccc(-c2ccccc2S(=O)(=O)NC(C)=O)cc1. The van der Waals surface area contributed by atoms with Gasteiger partial charge in [0.15, 0.2) is 0 Å². The minimum atomic E-state index is -4.03. The highest BCUT2D eigenvalue weighted by atomic mass is 32.2. The van der Waals surface area contributed by atoms with Crippen LogP contribution in [-0.4, -0.2) is 47.1 Å². The van der Waals surface area contributed by atoms with Crippen LogP contribution in [0.2, 0.25) is 0 Å². The fraction of sp³-hybridized carbons (Fsp3) is 0.250. The Kier molecular flexibility index (Phi) is 10.1. The average Bonchev–Trinajstić information content (AvgIpc) is 3.35. The van der Waals surface area contributed by atoms with Gasteiger partial charge in [-0.2, -0.15) is 5.10 Å². The summed E-state index contributed by atoms with van der Waals surface area (Å²) in [4.78, 5) is 36.1. The molecule has 0 aliphatic rings. The van der Waals surface area contributed by atoms with Gasteiger partial charge in [0.05, 0.1) is 17.9 Å². The number of aromatic nitrogens is 2. The Hall–Kier alpha value is -4.77. The fourth-order valence-corrected chi connectivity index (χ4v) is 6.07. The number of nitrogens with one attached hydrogen (secondary N) is 2. The minimum absolute atomic E-state index is 0.000575. The largest absolute Gasteiger partial charge is 0.481 e. The average molecular weight is 603 g/mol. The van der Waals surface area contributed by atoms with Crippen LogP contribution < -0.4 is 10.0 Å². The number of hydrogen-bond donors (Lipinski definition) is 3. The molecule has 0 saturated heterocycles. The first-order valence-corrected chi connectivity index (χ1v) is 15.4. The summed E-state index contributed by atoms with van der Waals surface area (Å²) in [6.45, 7) is 3.55. The third kappa shape index (κ3) is 8.39. The number of carbonyl (C=O) groups excluding carboxylic acids is 2. The van der Waals surface area contributed by atoms with Crippen LogP contribution in [0.3, 0.4) is 0 Å². The summed E-state index contributed by atoms with van der Waals surface area (Å²) in [5.74, 6) is -2.11. The molecule has 1 atom stereocenters. The molecule has 2 amide bonds. The van der Waals surface area contributed by atoms with Crippen molar-refractivity contribution in [3.05, 3.63) is 107 Å². The third-order valence-corrected chi connectivity index (χ3v) is 8.23. The molecule has 3 aromatic carbocycles. The number of rotatable bonds is 13. The van der Waals surface area contributed by atoms with Gasteiger partial charge in [0.2, 0.25) is 5.91 Å². The number of benzene rings is 3. The first-order chi connectivity index (χ1) is 20.6. The molecule has 0 spiro atoms. The van der Waals surface area contributed by atoms with Crippen molar-refractivity contribution < 1.29 is 27.9 Å². The Morgan fingerprint density at radius 3 is 2.26 bits per heavy atom. The third-order valence-electron chi connectivity index (χ3n) is 6.74. The number of hydrogen-bond acceptors (Lipinski definition) is 6. The van der Waals surface area contributed by atoms with Gasteiger partial charge in [0, 0.05) is 24.2 Å². The molecule has 11 heteroatoms. The molecule has 224 valence electrons. The van der Waals surface area contributed by atoms with Crippen molar-refractivity contribution in [1.29, 1.82) is 0 Å². The lowest BCUT2D eigenvalue weighted by atomic mass is 10.0. The van der Waals surface area contributed by atoms with E-state index in [0.29, 0.717) is 30.5 Å². The van der Waals surface area contributed by atoms with E-state index in [1.807, 2.05) is 54.1 Å². The highest BCUT2D eigenvalue weighted by molar-refractivity contribution is 7.90. The Morgan fingerprint density at radius 2 is 1.60 bits per heavy atom. The van der Waals surface area contributed by atoms with Gasteiger partial charge in [-0.1, -0.05) is 86.1 Å². The highest BCUT2D eigenvalue weighted by Crippen LogP contribution is 2.28. The van der Waals surface area contributed by atoms with Gasteiger partial charge >= 0.3 is 5.97 Å². The minimum Gasteiger partial charge on any atom is -0.481 e. The molecule has 4 aromatic rings. The van der Waals surface area contributed by atoms with Crippen molar-refractivity contribution in [2.45, 2.75) is 57.0 Å². The maximum Gasteiger partial charge on any atom is 0.305 e. The van der Waals surface area contributed by atoms with E-state index in [9.17, 15) is 27.9 Å². The molecule has 0 bridgehead atoms. The van der Waals surface area contributed by atoms with Gasteiger partial charge < -0.3 is 10.4 Å². The van der Waals surface area contributed by atoms with Gasteiger partial charge in [-0.05, 0) is 41.7 Å². The molecule has 0 aliphatic heterocycles. The number of sulfonamides is 1. The molecule has 43 heavy (non-hydrogen) atoms.